The zero-order valence-corrected chi connectivity index (χ0v) is 18.0. The number of hydrogen-bond donors (Lipinski definition) is 0. The molecule has 1 aromatic heterocycles. The molecule has 0 bridgehead atoms. The van der Waals surface area contributed by atoms with E-state index >= 15 is 0 Å². The predicted octanol–water partition coefficient (Wildman–Crippen LogP) is 2.90. The maximum atomic E-state index is 12.9. The monoisotopic (exact) mass is 435 g/mol. The Labute approximate surface area is 174 Å². The average Bonchev–Trinajstić information content (AvgIpc) is 2.97. The normalized spacial score (nSPS) is 11.6. The fraction of sp³-hybridized carbons (Fsp3) is 0.300. The zero-order chi connectivity index (χ0) is 21.2. The first kappa shape index (κ1) is 21.1. The standard InChI is InChI=1S/C20H22ClN3O4S/c1-23(11-14-10-15(21)8-9-18(14)28-2)20(25)12-24-17-7-5-4-6-16(17)22-19(24)13-29(3,26)27/h4-10H,11-13H2,1-3H3. The van der Waals surface area contributed by atoms with Crippen LogP contribution >= 0.6 is 11.6 Å². The Morgan fingerprint density at radius 1 is 1.24 bits per heavy atom. The quantitative estimate of drug-likeness (QED) is 0.570. The number of benzene rings is 2. The number of nitrogens with zero attached hydrogens (tertiary/aromatic N) is 3. The first-order chi connectivity index (χ1) is 13.7. The van der Waals surface area contributed by atoms with Crippen LogP contribution in [0.15, 0.2) is 42.5 Å². The molecule has 0 aliphatic heterocycles. The van der Waals surface area contributed by atoms with Crippen molar-refractivity contribution in [2.24, 2.45) is 0 Å². The van der Waals surface area contributed by atoms with E-state index in [0.717, 1.165) is 11.8 Å². The van der Waals surface area contributed by atoms with Gasteiger partial charge in [0.15, 0.2) is 9.84 Å². The second-order valence-corrected chi connectivity index (χ2v) is 9.46. The van der Waals surface area contributed by atoms with Gasteiger partial charge in [0, 0.05) is 30.4 Å². The number of sulfone groups is 1. The molecule has 3 rings (SSSR count). The highest BCUT2D eigenvalue weighted by atomic mass is 35.5. The number of ether oxygens (including phenoxy) is 1. The number of hydrogen-bond acceptors (Lipinski definition) is 5. The molecule has 0 atom stereocenters. The summed E-state index contributed by atoms with van der Waals surface area (Å²) in [6, 6.07) is 12.5. The Bertz CT molecular complexity index is 1160. The number of rotatable bonds is 7. The third kappa shape index (κ3) is 5.07. The maximum absolute atomic E-state index is 12.9. The average molecular weight is 436 g/mol. The maximum Gasteiger partial charge on any atom is 0.242 e. The Morgan fingerprint density at radius 3 is 2.66 bits per heavy atom. The number of likely N-dealkylation sites (N-methyl/N-ethyl adjacent to an activating group) is 1. The third-order valence-corrected chi connectivity index (χ3v) is 5.51. The molecule has 0 saturated carbocycles. The molecule has 2 aromatic carbocycles. The Morgan fingerprint density at radius 2 is 1.97 bits per heavy atom. The summed E-state index contributed by atoms with van der Waals surface area (Å²) in [6.07, 6.45) is 1.15. The smallest absolute Gasteiger partial charge is 0.242 e. The van der Waals surface area contributed by atoms with E-state index in [1.54, 1.807) is 47.9 Å². The minimum absolute atomic E-state index is 0.0231. The SMILES string of the molecule is COc1ccc(Cl)cc1CN(C)C(=O)Cn1c(CS(C)(=O)=O)nc2ccccc21. The van der Waals surface area contributed by atoms with E-state index in [4.69, 9.17) is 16.3 Å². The number of carbonyl (C=O) groups excluding carboxylic acids is 1. The zero-order valence-electron chi connectivity index (χ0n) is 16.4. The van der Waals surface area contributed by atoms with E-state index in [1.165, 1.54) is 0 Å². The molecule has 9 heteroatoms. The third-order valence-electron chi connectivity index (χ3n) is 4.49. The molecule has 0 radical (unpaired) electrons. The van der Waals surface area contributed by atoms with E-state index in [0.29, 0.717) is 34.2 Å². The van der Waals surface area contributed by atoms with Crippen LogP contribution in [-0.4, -0.2) is 49.2 Å². The van der Waals surface area contributed by atoms with Gasteiger partial charge in [-0.3, -0.25) is 4.79 Å². The van der Waals surface area contributed by atoms with E-state index in [1.807, 2.05) is 18.2 Å². The number of imidazole rings is 1. The van der Waals surface area contributed by atoms with Gasteiger partial charge in [0.05, 0.1) is 18.1 Å². The first-order valence-electron chi connectivity index (χ1n) is 8.86. The van der Waals surface area contributed by atoms with Crippen molar-refractivity contribution in [3.63, 3.8) is 0 Å². The van der Waals surface area contributed by atoms with Crippen molar-refractivity contribution in [1.29, 1.82) is 0 Å². The second kappa shape index (κ2) is 8.42. The Balaban J connectivity index is 1.87. The first-order valence-corrected chi connectivity index (χ1v) is 11.3. The van der Waals surface area contributed by atoms with Crippen molar-refractivity contribution in [2.75, 3.05) is 20.4 Å². The van der Waals surface area contributed by atoms with Crippen molar-refractivity contribution in [2.45, 2.75) is 18.8 Å². The van der Waals surface area contributed by atoms with Crippen LogP contribution in [0.1, 0.15) is 11.4 Å². The van der Waals surface area contributed by atoms with Gasteiger partial charge >= 0.3 is 0 Å². The van der Waals surface area contributed by atoms with Crippen LogP contribution in [0, 0.1) is 0 Å². The Hall–Kier alpha value is -2.58. The molecule has 0 aliphatic carbocycles. The molecule has 0 aliphatic rings. The fourth-order valence-electron chi connectivity index (χ4n) is 3.12. The summed E-state index contributed by atoms with van der Waals surface area (Å²) in [6.45, 7) is 0.279. The highest BCUT2D eigenvalue weighted by molar-refractivity contribution is 7.89. The topological polar surface area (TPSA) is 81.5 Å². The van der Waals surface area contributed by atoms with Gasteiger partial charge in [-0.05, 0) is 30.3 Å². The van der Waals surface area contributed by atoms with Crippen molar-refractivity contribution in [3.05, 3.63) is 58.9 Å². The van der Waals surface area contributed by atoms with Crippen LogP contribution in [0.4, 0.5) is 0 Å². The van der Waals surface area contributed by atoms with Gasteiger partial charge in [0.25, 0.3) is 0 Å². The van der Waals surface area contributed by atoms with E-state index < -0.39 is 9.84 Å². The summed E-state index contributed by atoms with van der Waals surface area (Å²) in [5.41, 5.74) is 2.15. The molecular formula is C20H22ClN3O4S. The van der Waals surface area contributed by atoms with Crippen molar-refractivity contribution in [1.82, 2.24) is 14.5 Å². The lowest BCUT2D eigenvalue weighted by Crippen LogP contribution is -2.30. The number of aromatic nitrogens is 2. The van der Waals surface area contributed by atoms with E-state index in [9.17, 15) is 13.2 Å². The summed E-state index contributed by atoms with van der Waals surface area (Å²) >= 11 is 6.07. The molecule has 29 heavy (non-hydrogen) atoms. The summed E-state index contributed by atoms with van der Waals surface area (Å²) in [7, 11) is -0.0673. The minimum Gasteiger partial charge on any atom is -0.496 e. The van der Waals surface area contributed by atoms with Gasteiger partial charge in [0.1, 0.15) is 23.9 Å². The van der Waals surface area contributed by atoms with E-state index in [2.05, 4.69) is 4.98 Å². The summed E-state index contributed by atoms with van der Waals surface area (Å²) in [4.78, 5) is 18.9. The van der Waals surface area contributed by atoms with E-state index in [-0.39, 0.29) is 18.2 Å². The second-order valence-electron chi connectivity index (χ2n) is 6.88. The molecular weight excluding hydrogens is 414 g/mol. The number of amides is 1. The van der Waals surface area contributed by atoms with Gasteiger partial charge in [-0.1, -0.05) is 23.7 Å². The van der Waals surface area contributed by atoms with Crippen molar-refractivity contribution in [3.8, 4) is 5.75 Å². The van der Waals surface area contributed by atoms with Gasteiger partial charge < -0.3 is 14.2 Å². The summed E-state index contributed by atoms with van der Waals surface area (Å²) < 4.78 is 30.6. The molecule has 0 spiro atoms. The van der Waals surface area contributed by atoms with Crippen LogP contribution in [0.2, 0.25) is 5.02 Å². The van der Waals surface area contributed by atoms with Crippen LogP contribution < -0.4 is 4.74 Å². The summed E-state index contributed by atoms with van der Waals surface area (Å²) in [5.74, 6) is 0.557. The summed E-state index contributed by atoms with van der Waals surface area (Å²) in [5, 5.41) is 0.553. The van der Waals surface area contributed by atoms with Crippen LogP contribution in [0.5, 0.6) is 5.75 Å². The highest BCUT2D eigenvalue weighted by Crippen LogP contribution is 2.24. The number of para-hydroxylation sites is 2. The van der Waals surface area contributed by atoms with Crippen molar-refractivity contribution >= 4 is 38.4 Å². The lowest BCUT2D eigenvalue weighted by Gasteiger charge is -2.20. The minimum atomic E-state index is -3.31. The lowest BCUT2D eigenvalue weighted by molar-refractivity contribution is -0.131. The lowest BCUT2D eigenvalue weighted by atomic mass is 10.2. The number of halogens is 1. The number of methoxy groups -OCH3 is 1. The van der Waals surface area contributed by atoms with Crippen LogP contribution in [0.25, 0.3) is 11.0 Å². The molecule has 0 unspecified atom stereocenters. The van der Waals surface area contributed by atoms with Gasteiger partial charge in [0.2, 0.25) is 5.91 Å². The molecule has 1 heterocycles. The number of carbonyl (C=O) groups is 1. The van der Waals surface area contributed by atoms with Gasteiger partial charge in [-0.15, -0.1) is 0 Å². The highest BCUT2D eigenvalue weighted by Gasteiger charge is 2.19. The van der Waals surface area contributed by atoms with Crippen molar-refractivity contribution < 1.29 is 17.9 Å². The molecule has 0 fully saturated rings. The van der Waals surface area contributed by atoms with Gasteiger partial charge in [-0.25, -0.2) is 13.4 Å². The number of fused-ring (bicyclic) bond motifs is 1. The van der Waals surface area contributed by atoms with Crippen LogP contribution in [0.3, 0.4) is 0 Å². The molecule has 0 N–H and O–H groups in total. The molecule has 7 nitrogen and oxygen atoms in total. The molecule has 1 amide bonds. The molecule has 154 valence electrons. The fourth-order valence-corrected chi connectivity index (χ4v) is 4.00. The Kier molecular flexibility index (Phi) is 6.14. The van der Waals surface area contributed by atoms with Gasteiger partial charge in [-0.2, -0.15) is 0 Å². The van der Waals surface area contributed by atoms with Crippen LogP contribution in [-0.2, 0) is 33.5 Å². The molecule has 0 saturated heterocycles. The largest absolute Gasteiger partial charge is 0.496 e. The molecule has 3 aromatic rings. The predicted molar refractivity (Wildman–Crippen MR) is 113 cm³/mol.